The van der Waals surface area contributed by atoms with Gasteiger partial charge < -0.3 is 4.57 Å². The lowest BCUT2D eigenvalue weighted by Gasteiger charge is -2.33. The molecule has 2 aromatic heterocycles. The molecule has 1 radical (unpaired) electrons. The predicted octanol–water partition coefficient (Wildman–Crippen LogP) is 4.65. The monoisotopic (exact) mass is 377 g/mol. The van der Waals surface area contributed by atoms with E-state index in [0.717, 1.165) is 35.2 Å². The summed E-state index contributed by atoms with van der Waals surface area (Å²) in [5.41, 5.74) is 3.60. The first-order chi connectivity index (χ1) is 13.6. The van der Waals surface area contributed by atoms with Crippen LogP contribution in [0.15, 0.2) is 48.7 Å². The van der Waals surface area contributed by atoms with E-state index in [1.165, 1.54) is 18.2 Å². The van der Waals surface area contributed by atoms with Crippen molar-refractivity contribution in [3.8, 4) is 0 Å². The molecular weight excluding hydrogens is 358 g/mol. The second-order valence-corrected chi connectivity index (χ2v) is 7.40. The van der Waals surface area contributed by atoms with Gasteiger partial charge in [0, 0.05) is 23.6 Å². The molecule has 3 heterocycles. The summed E-state index contributed by atoms with van der Waals surface area (Å²) in [7, 11) is 0. The van der Waals surface area contributed by atoms with Crippen LogP contribution in [-0.2, 0) is 12.8 Å². The summed E-state index contributed by atoms with van der Waals surface area (Å²) in [5.74, 6) is -0.473. The fraction of sp³-hybridized carbons (Fsp3) is 0.273. The molecule has 1 aliphatic heterocycles. The Labute approximate surface area is 161 Å². The van der Waals surface area contributed by atoms with Gasteiger partial charge in [0.2, 0.25) is 0 Å². The highest BCUT2D eigenvalue weighted by atomic mass is 19.1. The summed E-state index contributed by atoms with van der Waals surface area (Å²) in [6.45, 7) is 2.09. The lowest BCUT2D eigenvalue weighted by atomic mass is 9.97. The van der Waals surface area contributed by atoms with Gasteiger partial charge in [0.15, 0.2) is 0 Å². The highest BCUT2D eigenvalue weighted by Crippen LogP contribution is 2.38. The highest BCUT2D eigenvalue weighted by molar-refractivity contribution is 5.81. The lowest BCUT2D eigenvalue weighted by Crippen LogP contribution is -2.29. The van der Waals surface area contributed by atoms with Crippen molar-refractivity contribution in [1.82, 2.24) is 19.6 Å². The molecule has 28 heavy (non-hydrogen) atoms. The summed E-state index contributed by atoms with van der Waals surface area (Å²) >= 11 is 0. The predicted molar refractivity (Wildman–Crippen MR) is 102 cm³/mol. The third-order valence-electron chi connectivity index (χ3n) is 5.70. The molecule has 4 aromatic rings. The van der Waals surface area contributed by atoms with Crippen molar-refractivity contribution in [3.05, 3.63) is 83.3 Å². The average Bonchev–Trinajstić information content (AvgIpc) is 3.29. The SMILES string of the molecule is CC1C(n2nncc2Cc2ccc(F)cc2)CCc2[c]c3cccc(F)c3n21. The van der Waals surface area contributed by atoms with Gasteiger partial charge in [0.1, 0.15) is 11.6 Å². The molecule has 0 saturated carbocycles. The molecule has 0 bridgehead atoms. The first-order valence-electron chi connectivity index (χ1n) is 9.46. The smallest absolute Gasteiger partial charge is 0.147 e. The van der Waals surface area contributed by atoms with Gasteiger partial charge in [0.05, 0.1) is 29.5 Å². The van der Waals surface area contributed by atoms with E-state index < -0.39 is 0 Å². The van der Waals surface area contributed by atoms with Crippen LogP contribution in [0.25, 0.3) is 10.9 Å². The van der Waals surface area contributed by atoms with Gasteiger partial charge >= 0.3 is 0 Å². The van der Waals surface area contributed by atoms with Crippen LogP contribution >= 0.6 is 0 Å². The Morgan fingerprint density at radius 1 is 1.14 bits per heavy atom. The number of benzene rings is 2. The fourth-order valence-electron chi connectivity index (χ4n) is 4.35. The molecule has 141 valence electrons. The zero-order valence-corrected chi connectivity index (χ0v) is 15.4. The van der Waals surface area contributed by atoms with Crippen LogP contribution in [0.4, 0.5) is 8.78 Å². The van der Waals surface area contributed by atoms with Crippen molar-refractivity contribution in [2.24, 2.45) is 0 Å². The van der Waals surface area contributed by atoms with Crippen molar-refractivity contribution < 1.29 is 8.78 Å². The van der Waals surface area contributed by atoms with Crippen LogP contribution in [-0.4, -0.2) is 19.6 Å². The van der Waals surface area contributed by atoms with Crippen LogP contribution in [0.3, 0.4) is 0 Å². The number of fused-ring (bicyclic) bond motifs is 3. The number of hydrogen-bond donors (Lipinski definition) is 0. The van der Waals surface area contributed by atoms with Gasteiger partial charge in [-0.25, -0.2) is 13.5 Å². The van der Waals surface area contributed by atoms with Crippen molar-refractivity contribution >= 4 is 10.9 Å². The van der Waals surface area contributed by atoms with Crippen LogP contribution in [0.5, 0.6) is 0 Å². The van der Waals surface area contributed by atoms with Crippen LogP contribution in [0.1, 0.15) is 42.4 Å². The van der Waals surface area contributed by atoms with Crippen molar-refractivity contribution in [2.45, 2.75) is 38.3 Å². The lowest BCUT2D eigenvalue weighted by molar-refractivity contribution is 0.268. The molecule has 2 atom stereocenters. The van der Waals surface area contributed by atoms with Crippen LogP contribution < -0.4 is 0 Å². The maximum atomic E-state index is 14.5. The molecule has 1 aliphatic rings. The standard InChI is InChI=1S/C22H19F2N4/c1-14-21(10-9-18-12-16-3-2-4-20(24)22(16)27(14)18)28-19(13-25-26-28)11-15-5-7-17(23)8-6-15/h2-8,13-14,21H,9-11H2,1H3. The maximum absolute atomic E-state index is 14.5. The van der Waals surface area contributed by atoms with E-state index >= 15 is 0 Å². The van der Waals surface area contributed by atoms with Gasteiger partial charge in [-0.1, -0.05) is 29.5 Å². The van der Waals surface area contributed by atoms with Gasteiger partial charge in [0.25, 0.3) is 0 Å². The Balaban J connectivity index is 1.51. The summed E-state index contributed by atoms with van der Waals surface area (Å²) < 4.78 is 31.7. The number of para-hydroxylation sites is 1. The number of halogens is 2. The number of rotatable bonds is 3. The van der Waals surface area contributed by atoms with E-state index in [1.807, 2.05) is 10.7 Å². The summed E-state index contributed by atoms with van der Waals surface area (Å²) in [4.78, 5) is 0. The largest absolute Gasteiger partial charge is 0.337 e. The molecule has 4 nitrogen and oxygen atoms in total. The molecule has 2 aromatic carbocycles. The zero-order valence-electron chi connectivity index (χ0n) is 15.4. The molecular formula is C22H19F2N4. The summed E-state index contributed by atoms with van der Waals surface area (Å²) in [5, 5.41) is 9.27. The summed E-state index contributed by atoms with van der Waals surface area (Å²) in [6, 6.07) is 15.0. The maximum Gasteiger partial charge on any atom is 0.147 e. The molecule has 0 saturated heterocycles. The number of hydrogen-bond acceptors (Lipinski definition) is 2. The van der Waals surface area contributed by atoms with Gasteiger partial charge in [-0.3, -0.25) is 0 Å². The third kappa shape index (κ3) is 2.71. The van der Waals surface area contributed by atoms with E-state index in [0.29, 0.717) is 11.9 Å². The van der Waals surface area contributed by atoms with Gasteiger partial charge in [-0.2, -0.15) is 0 Å². The van der Waals surface area contributed by atoms with Crippen LogP contribution in [0, 0.1) is 17.7 Å². The van der Waals surface area contributed by atoms with Crippen LogP contribution in [0.2, 0.25) is 0 Å². The number of nitrogens with zero attached hydrogens (tertiary/aromatic N) is 4. The molecule has 5 rings (SSSR count). The van der Waals surface area contributed by atoms with E-state index in [4.69, 9.17) is 0 Å². The normalized spacial score (nSPS) is 19.1. The topological polar surface area (TPSA) is 35.6 Å². The van der Waals surface area contributed by atoms with Gasteiger partial charge in [-0.15, -0.1) is 5.10 Å². The Morgan fingerprint density at radius 2 is 1.96 bits per heavy atom. The second kappa shape index (κ2) is 6.55. The average molecular weight is 377 g/mol. The molecule has 0 N–H and O–H groups in total. The molecule has 0 spiro atoms. The van der Waals surface area contributed by atoms with E-state index in [-0.39, 0.29) is 23.7 Å². The van der Waals surface area contributed by atoms with E-state index in [9.17, 15) is 8.78 Å². The van der Waals surface area contributed by atoms with Crippen molar-refractivity contribution in [3.63, 3.8) is 0 Å². The van der Waals surface area contributed by atoms with Gasteiger partial charge in [-0.05, 0) is 43.5 Å². The van der Waals surface area contributed by atoms with Crippen molar-refractivity contribution in [2.75, 3.05) is 0 Å². The molecule has 2 unspecified atom stereocenters. The Hall–Kier alpha value is -3.02. The Kier molecular flexibility index (Phi) is 4.00. The first kappa shape index (κ1) is 17.1. The highest BCUT2D eigenvalue weighted by Gasteiger charge is 2.31. The van der Waals surface area contributed by atoms with E-state index in [2.05, 4.69) is 27.9 Å². The number of aromatic nitrogens is 4. The molecule has 0 aliphatic carbocycles. The fourth-order valence-corrected chi connectivity index (χ4v) is 4.35. The minimum Gasteiger partial charge on any atom is -0.337 e. The minimum atomic E-state index is -0.249. The minimum absolute atomic E-state index is 0.0167. The van der Waals surface area contributed by atoms with Crippen molar-refractivity contribution in [1.29, 1.82) is 0 Å². The second-order valence-electron chi connectivity index (χ2n) is 7.40. The first-order valence-corrected chi connectivity index (χ1v) is 9.46. The zero-order chi connectivity index (χ0) is 19.3. The Bertz CT molecular complexity index is 1140. The summed E-state index contributed by atoms with van der Waals surface area (Å²) in [6.07, 6.45) is 4.07. The molecule has 6 heteroatoms. The Morgan fingerprint density at radius 3 is 2.79 bits per heavy atom. The quantitative estimate of drug-likeness (QED) is 0.521. The number of aryl methyl sites for hydroxylation is 1. The molecule has 0 amide bonds. The van der Waals surface area contributed by atoms with E-state index in [1.54, 1.807) is 24.4 Å². The molecule has 0 fully saturated rings. The third-order valence-corrected chi connectivity index (χ3v) is 5.70.